The average molecular weight is 423 g/mol. The van der Waals surface area contributed by atoms with E-state index < -0.39 is 29.0 Å². The van der Waals surface area contributed by atoms with E-state index in [0.29, 0.717) is 29.6 Å². The minimum Gasteiger partial charge on any atom is -0.325 e. The Morgan fingerprint density at radius 3 is 2.65 bits per heavy atom. The molecule has 0 bridgehead atoms. The molecular formula is C21H18FN5O4. The number of urea groups is 1. The van der Waals surface area contributed by atoms with Crippen molar-refractivity contribution in [1.82, 2.24) is 19.8 Å². The van der Waals surface area contributed by atoms with Crippen LogP contribution >= 0.6 is 0 Å². The van der Waals surface area contributed by atoms with Crippen LogP contribution in [0.2, 0.25) is 0 Å². The molecule has 31 heavy (non-hydrogen) atoms. The standard InChI is InChI=1S/C21H18FN5O4/c1-26-19(30)25-18(29)21(26)8-11-2-4-14(6-12(11)9-21)23-17(28)10-27-16-7-13(22)3-5-15(16)24-20(27)31/h2-7H,8-10H2,1H3,(H,23,28)(H,24,31)(H,25,29,30)/t21-/m1/s1. The van der Waals surface area contributed by atoms with Crippen LogP contribution < -0.4 is 16.3 Å². The first-order valence-electron chi connectivity index (χ1n) is 9.66. The second-order valence-electron chi connectivity index (χ2n) is 7.91. The summed E-state index contributed by atoms with van der Waals surface area (Å²) >= 11 is 0. The highest BCUT2D eigenvalue weighted by atomic mass is 19.1. The number of aromatic nitrogens is 2. The molecule has 0 unspecified atom stereocenters. The van der Waals surface area contributed by atoms with Crippen LogP contribution in [0.25, 0.3) is 11.0 Å². The van der Waals surface area contributed by atoms with Crippen molar-refractivity contribution in [2.75, 3.05) is 12.4 Å². The lowest BCUT2D eigenvalue weighted by molar-refractivity contribution is -0.125. The molecule has 158 valence electrons. The minimum atomic E-state index is -0.941. The summed E-state index contributed by atoms with van der Waals surface area (Å²) in [6.45, 7) is -0.289. The van der Waals surface area contributed by atoms with E-state index in [1.165, 1.54) is 27.7 Å². The molecule has 2 aromatic carbocycles. The lowest BCUT2D eigenvalue weighted by Crippen LogP contribution is -2.48. The molecule has 4 amide bonds. The first-order chi connectivity index (χ1) is 14.8. The number of benzene rings is 2. The number of carbonyl (C=O) groups is 3. The molecular weight excluding hydrogens is 405 g/mol. The summed E-state index contributed by atoms with van der Waals surface area (Å²) in [7, 11) is 1.59. The Kier molecular flexibility index (Phi) is 4.01. The number of nitrogens with one attached hydrogen (secondary N) is 3. The molecule has 1 fully saturated rings. The maximum atomic E-state index is 13.6. The Labute approximate surface area is 174 Å². The molecule has 3 aromatic rings. The molecule has 2 aliphatic rings. The molecule has 2 heterocycles. The number of nitrogens with zero attached hydrogens (tertiary/aromatic N) is 2. The van der Waals surface area contributed by atoms with E-state index in [-0.39, 0.29) is 12.5 Å². The Morgan fingerprint density at radius 1 is 1.13 bits per heavy atom. The zero-order valence-corrected chi connectivity index (χ0v) is 16.5. The van der Waals surface area contributed by atoms with Gasteiger partial charge in [0.2, 0.25) is 5.91 Å². The van der Waals surface area contributed by atoms with Gasteiger partial charge < -0.3 is 15.2 Å². The topological polar surface area (TPSA) is 116 Å². The van der Waals surface area contributed by atoms with Crippen LogP contribution in [0.15, 0.2) is 41.2 Å². The maximum absolute atomic E-state index is 13.6. The predicted molar refractivity (Wildman–Crippen MR) is 109 cm³/mol. The van der Waals surface area contributed by atoms with Crippen molar-refractivity contribution in [3.8, 4) is 0 Å². The van der Waals surface area contributed by atoms with E-state index in [0.717, 1.165) is 11.1 Å². The number of amides is 4. The summed E-state index contributed by atoms with van der Waals surface area (Å²) in [4.78, 5) is 53.0. The van der Waals surface area contributed by atoms with Crippen LogP contribution in [0.5, 0.6) is 0 Å². The highest BCUT2D eigenvalue weighted by Crippen LogP contribution is 2.38. The van der Waals surface area contributed by atoms with Crippen molar-refractivity contribution in [3.05, 3.63) is 63.8 Å². The van der Waals surface area contributed by atoms with E-state index in [9.17, 15) is 23.6 Å². The number of imide groups is 1. The number of hydrogen-bond acceptors (Lipinski definition) is 4. The number of fused-ring (bicyclic) bond motifs is 2. The summed E-state index contributed by atoms with van der Waals surface area (Å²) in [5.74, 6) is -1.29. The SMILES string of the molecule is CN1C(=O)NC(=O)[C@]12Cc1ccc(NC(=O)Cn3c(=O)[nH]c4ccc(F)cc43)cc1C2. The van der Waals surface area contributed by atoms with Crippen molar-refractivity contribution in [2.45, 2.75) is 24.9 Å². The number of halogens is 1. The van der Waals surface area contributed by atoms with Gasteiger partial charge >= 0.3 is 11.7 Å². The molecule has 1 aliphatic carbocycles. The van der Waals surface area contributed by atoms with Crippen molar-refractivity contribution in [2.24, 2.45) is 0 Å². The van der Waals surface area contributed by atoms with E-state index in [4.69, 9.17) is 0 Å². The fourth-order valence-electron chi connectivity index (χ4n) is 4.40. The molecule has 5 rings (SSSR count). The molecule has 1 aromatic heterocycles. The van der Waals surface area contributed by atoms with Gasteiger partial charge in [0.05, 0.1) is 11.0 Å². The number of anilines is 1. The Morgan fingerprint density at radius 2 is 1.90 bits per heavy atom. The first kappa shape index (κ1) is 19.0. The Bertz CT molecular complexity index is 1340. The number of likely N-dealkylation sites (N-methyl/N-ethyl adjacent to an activating group) is 1. The zero-order valence-electron chi connectivity index (χ0n) is 16.5. The first-order valence-corrected chi connectivity index (χ1v) is 9.66. The number of aromatic amines is 1. The van der Waals surface area contributed by atoms with Gasteiger partial charge in [-0.25, -0.2) is 14.0 Å². The number of carbonyl (C=O) groups excluding carboxylic acids is 3. The number of imidazole rings is 1. The molecule has 1 spiro atoms. The third-order valence-electron chi connectivity index (χ3n) is 6.08. The third-order valence-corrected chi connectivity index (χ3v) is 6.08. The van der Waals surface area contributed by atoms with Crippen LogP contribution in [-0.2, 0) is 29.0 Å². The highest BCUT2D eigenvalue weighted by molar-refractivity contribution is 6.07. The van der Waals surface area contributed by atoms with E-state index in [2.05, 4.69) is 15.6 Å². The molecule has 10 heteroatoms. The van der Waals surface area contributed by atoms with Gasteiger partial charge in [0.1, 0.15) is 17.9 Å². The lowest BCUT2D eigenvalue weighted by atomic mass is 9.95. The second-order valence-corrected chi connectivity index (χ2v) is 7.91. The van der Waals surface area contributed by atoms with E-state index in [1.807, 2.05) is 6.07 Å². The predicted octanol–water partition coefficient (Wildman–Crippen LogP) is 1.13. The smallest absolute Gasteiger partial charge is 0.325 e. The summed E-state index contributed by atoms with van der Waals surface area (Å²) in [6, 6.07) is 8.74. The normalized spacial score (nSPS) is 19.9. The van der Waals surface area contributed by atoms with Gasteiger partial charge in [-0.15, -0.1) is 0 Å². The fourth-order valence-corrected chi connectivity index (χ4v) is 4.40. The van der Waals surface area contributed by atoms with Gasteiger partial charge in [-0.3, -0.25) is 19.5 Å². The summed E-state index contributed by atoms with van der Waals surface area (Å²) in [5, 5.41) is 5.09. The quantitative estimate of drug-likeness (QED) is 0.548. The third kappa shape index (κ3) is 2.90. The van der Waals surface area contributed by atoms with Crippen LogP contribution in [0.3, 0.4) is 0 Å². The number of H-pyrrole nitrogens is 1. The molecule has 1 saturated heterocycles. The molecule has 0 radical (unpaired) electrons. The molecule has 1 atom stereocenters. The molecule has 3 N–H and O–H groups in total. The Hall–Kier alpha value is -3.95. The van der Waals surface area contributed by atoms with Gasteiger partial charge in [0, 0.05) is 25.6 Å². The number of rotatable bonds is 3. The Balaban J connectivity index is 1.36. The summed E-state index contributed by atoms with van der Waals surface area (Å²) in [6.07, 6.45) is 0.752. The largest absolute Gasteiger partial charge is 0.326 e. The van der Waals surface area contributed by atoms with Crippen molar-refractivity contribution in [1.29, 1.82) is 0 Å². The minimum absolute atomic E-state index is 0.289. The van der Waals surface area contributed by atoms with Gasteiger partial charge in [-0.1, -0.05) is 6.07 Å². The second kappa shape index (κ2) is 6.53. The van der Waals surface area contributed by atoms with Crippen molar-refractivity contribution in [3.63, 3.8) is 0 Å². The highest BCUT2D eigenvalue weighted by Gasteiger charge is 2.54. The van der Waals surface area contributed by atoms with Crippen LogP contribution in [0.1, 0.15) is 11.1 Å². The van der Waals surface area contributed by atoms with Gasteiger partial charge in [0.25, 0.3) is 5.91 Å². The van der Waals surface area contributed by atoms with Crippen molar-refractivity contribution < 1.29 is 18.8 Å². The molecule has 9 nitrogen and oxygen atoms in total. The monoisotopic (exact) mass is 423 g/mol. The number of hydrogen-bond donors (Lipinski definition) is 3. The van der Waals surface area contributed by atoms with Crippen LogP contribution in [0.4, 0.5) is 14.9 Å². The van der Waals surface area contributed by atoms with Gasteiger partial charge in [0.15, 0.2) is 0 Å². The lowest BCUT2D eigenvalue weighted by Gasteiger charge is -2.27. The van der Waals surface area contributed by atoms with E-state index in [1.54, 1.807) is 19.2 Å². The average Bonchev–Trinajstić information content (AvgIpc) is 3.31. The van der Waals surface area contributed by atoms with Gasteiger partial charge in [-0.05, 0) is 41.5 Å². The summed E-state index contributed by atoms with van der Waals surface area (Å²) in [5.41, 5.74) is 1.59. The molecule has 1 aliphatic heterocycles. The summed E-state index contributed by atoms with van der Waals surface area (Å²) < 4.78 is 14.7. The maximum Gasteiger partial charge on any atom is 0.326 e. The fraction of sp³-hybridized carbons (Fsp3) is 0.238. The van der Waals surface area contributed by atoms with E-state index >= 15 is 0 Å². The van der Waals surface area contributed by atoms with Crippen LogP contribution in [0, 0.1) is 5.82 Å². The van der Waals surface area contributed by atoms with Crippen molar-refractivity contribution >= 4 is 34.6 Å². The molecule has 0 saturated carbocycles. The van der Waals surface area contributed by atoms with Crippen LogP contribution in [-0.4, -0.2) is 44.9 Å². The zero-order chi connectivity index (χ0) is 21.9. The van der Waals surface area contributed by atoms with Gasteiger partial charge in [-0.2, -0.15) is 0 Å².